The molecule has 0 radical (unpaired) electrons. The fourth-order valence-corrected chi connectivity index (χ4v) is 3.64. The summed E-state index contributed by atoms with van der Waals surface area (Å²) in [6.45, 7) is 2.11. The highest BCUT2D eigenvalue weighted by Crippen LogP contribution is 2.33. The second-order valence-electron chi connectivity index (χ2n) is 7.05. The molecule has 134 valence electrons. The van der Waals surface area contributed by atoms with Crippen LogP contribution in [0, 0.1) is 6.92 Å². The Kier molecular flexibility index (Phi) is 4.02. The lowest BCUT2D eigenvalue weighted by molar-refractivity contribution is 1.19. The van der Waals surface area contributed by atoms with Crippen molar-refractivity contribution in [1.29, 1.82) is 0 Å². The van der Waals surface area contributed by atoms with Gasteiger partial charge in [0.25, 0.3) is 0 Å². The first-order valence-corrected chi connectivity index (χ1v) is 9.49. The number of hydrogen-bond acceptors (Lipinski definition) is 1. The minimum atomic E-state index is 0.957. The van der Waals surface area contributed by atoms with E-state index in [1.54, 1.807) is 0 Å². The van der Waals surface area contributed by atoms with Gasteiger partial charge in [0.15, 0.2) is 0 Å². The van der Waals surface area contributed by atoms with Crippen LogP contribution in [0.2, 0.25) is 0 Å². The number of nitrogens with zero attached hydrogens (tertiary/aromatic N) is 2. The molecule has 0 atom stereocenters. The molecule has 3 aromatic carbocycles. The third-order valence-electron chi connectivity index (χ3n) is 5.12. The van der Waals surface area contributed by atoms with Gasteiger partial charge in [-0.15, -0.1) is 0 Å². The maximum absolute atomic E-state index is 4.94. The number of aromatic nitrogens is 2. The lowest BCUT2D eigenvalue weighted by Gasteiger charge is -2.07. The van der Waals surface area contributed by atoms with Crippen LogP contribution in [0.4, 0.5) is 0 Å². The van der Waals surface area contributed by atoms with E-state index in [-0.39, 0.29) is 0 Å². The molecule has 0 amide bonds. The fourth-order valence-electron chi connectivity index (χ4n) is 3.64. The van der Waals surface area contributed by atoms with Crippen molar-refractivity contribution in [3.63, 3.8) is 0 Å². The van der Waals surface area contributed by atoms with E-state index < -0.39 is 0 Å². The van der Waals surface area contributed by atoms with Gasteiger partial charge in [-0.25, -0.2) is 4.98 Å². The molecule has 2 heterocycles. The normalized spacial score (nSPS) is 11.0. The zero-order valence-corrected chi connectivity index (χ0v) is 15.7. The van der Waals surface area contributed by atoms with Crippen molar-refractivity contribution in [3.05, 3.63) is 109 Å². The molecular weight excluding hydrogens is 340 g/mol. The van der Waals surface area contributed by atoms with Gasteiger partial charge < -0.3 is 0 Å². The average Bonchev–Trinajstić information content (AvgIpc) is 3.15. The highest BCUT2D eigenvalue weighted by molar-refractivity contribution is 5.83. The van der Waals surface area contributed by atoms with Crippen molar-refractivity contribution in [1.82, 2.24) is 9.38 Å². The molecule has 0 fully saturated rings. The van der Waals surface area contributed by atoms with Crippen LogP contribution in [0.1, 0.15) is 5.56 Å². The summed E-state index contributed by atoms with van der Waals surface area (Å²) in [4.78, 5) is 4.94. The molecule has 5 rings (SSSR count). The van der Waals surface area contributed by atoms with Crippen LogP contribution in [0.25, 0.3) is 39.3 Å². The molecule has 0 bridgehead atoms. The zero-order valence-electron chi connectivity index (χ0n) is 15.7. The Morgan fingerprint density at radius 1 is 0.571 bits per heavy atom. The van der Waals surface area contributed by atoms with Crippen LogP contribution >= 0.6 is 0 Å². The van der Waals surface area contributed by atoms with Gasteiger partial charge in [-0.2, -0.15) is 0 Å². The Bertz CT molecular complexity index is 1230. The van der Waals surface area contributed by atoms with E-state index in [0.29, 0.717) is 0 Å². The van der Waals surface area contributed by atoms with Crippen LogP contribution in [0.15, 0.2) is 103 Å². The van der Waals surface area contributed by atoms with Gasteiger partial charge in [0.05, 0.1) is 11.4 Å². The fraction of sp³-hybridized carbons (Fsp3) is 0.0385. The zero-order chi connectivity index (χ0) is 18.9. The molecule has 0 aliphatic rings. The standard InChI is InChI=1S/C26H20N2/c1-19-10-12-20(13-11-19)21-14-16-22(17-15-21)25-26(23-7-3-2-4-8-23)28-18-6-5-9-24(28)27-25/h2-18H,1H3. The Hall–Kier alpha value is -3.65. The quantitative estimate of drug-likeness (QED) is 0.352. The van der Waals surface area contributed by atoms with E-state index in [1.165, 1.54) is 22.3 Å². The largest absolute Gasteiger partial charge is 0.299 e. The van der Waals surface area contributed by atoms with E-state index in [2.05, 4.69) is 96.4 Å². The summed E-state index contributed by atoms with van der Waals surface area (Å²) in [5.74, 6) is 0. The van der Waals surface area contributed by atoms with Gasteiger partial charge in [0.1, 0.15) is 5.65 Å². The predicted molar refractivity (Wildman–Crippen MR) is 116 cm³/mol. The summed E-state index contributed by atoms with van der Waals surface area (Å²) in [7, 11) is 0. The highest BCUT2D eigenvalue weighted by atomic mass is 15.0. The first kappa shape index (κ1) is 16.5. The van der Waals surface area contributed by atoms with E-state index in [1.807, 2.05) is 18.2 Å². The molecule has 0 spiro atoms. The summed E-state index contributed by atoms with van der Waals surface area (Å²) in [6, 6.07) is 33.9. The van der Waals surface area contributed by atoms with Crippen molar-refractivity contribution in [2.75, 3.05) is 0 Å². The summed E-state index contributed by atoms with van der Waals surface area (Å²) in [5.41, 5.74) is 9.10. The lowest BCUT2D eigenvalue weighted by Crippen LogP contribution is -1.89. The predicted octanol–water partition coefficient (Wildman–Crippen LogP) is 6.64. The first-order chi connectivity index (χ1) is 13.8. The molecule has 0 unspecified atom stereocenters. The van der Waals surface area contributed by atoms with Crippen LogP contribution < -0.4 is 0 Å². The van der Waals surface area contributed by atoms with Crippen molar-refractivity contribution in [3.8, 4) is 33.6 Å². The highest BCUT2D eigenvalue weighted by Gasteiger charge is 2.15. The van der Waals surface area contributed by atoms with Gasteiger partial charge in [-0.3, -0.25) is 4.40 Å². The van der Waals surface area contributed by atoms with Crippen LogP contribution in [-0.4, -0.2) is 9.38 Å². The Labute approximate surface area is 164 Å². The summed E-state index contributed by atoms with van der Waals surface area (Å²) < 4.78 is 2.17. The van der Waals surface area contributed by atoms with E-state index in [4.69, 9.17) is 4.98 Å². The summed E-state index contributed by atoms with van der Waals surface area (Å²) >= 11 is 0. The molecule has 0 saturated carbocycles. The first-order valence-electron chi connectivity index (χ1n) is 9.49. The van der Waals surface area contributed by atoms with Crippen LogP contribution in [0.5, 0.6) is 0 Å². The van der Waals surface area contributed by atoms with Crippen LogP contribution in [-0.2, 0) is 0 Å². The van der Waals surface area contributed by atoms with Gasteiger partial charge in [0, 0.05) is 17.3 Å². The monoisotopic (exact) mass is 360 g/mol. The van der Waals surface area contributed by atoms with Crippen LogP contribution in [0.3, 0.4) is 0 Å². The molecule has 2 aromatic heterocycles. The number of aryl methyl sites for hydroxylation is 1. The smallest absolute Gasteiger partial charge is 0.137 e. The molecular formula is C26H20N2. The Balaban J connectivity index is 1.64. The molecule has 0 aliphatic heterocycles. The molecule has 0 N–H and O–H groups in total. The number of imidazole rings is 1. The van der Waals surface area contributed by atoms with Gasteiger partial charge in [-0.1, -0.05) is 90.5 Å². The molecule has 2 nitrogen and oxygen atoms in total. The number of fused-ring (bicyclic) bond motifs is 1. The molecule has 5 aromatic rings. The number of benzene rings is 3. The third kappa shape index (κ3) is 2.89. The van der Waals surface area contributed by atoms with Gasteiger partial charge in [0.2, 0.25) is 0 Å². The summed E-state index contributed by atoms with van der Waals surface area (Å²) in [5, 5.41) is 0. The van der Waals surface area contributed by atoms with Gasteiger partial charge >= 0.3 is 0 Å². The molecule has 2 heteroatoms. The van der Waals surface area contributed by atoms with E-state index in [9.17, 15) is 0 Å². The maximum atomic E-state index is 4.94. The second-order valence-corrected chi connectivity index (χ2v) is 7.05. The topological polar surface area (TPSA) is 17.3 Å². The average molecular weight is 360 g/mol. The Morgan fingerprint density at radius 2 is 1.18 bits per heavy atom. The lowest BCUT2D eigenvalue weighted by atomic mass is 10.00. The van der Waals surface area contributed by atoms with Crippen molar-refractivity contribution < 1.29 is 0 Å². The van der Waals surface area contributed by atoms with E-state index in [0.717, 1.165) is 22.6 Å². The number of pyridine rings is 1. The van der Waals surface area contributed by atoms with E-state index >= 15 is 0 Å². The minimum Gasteiger partial charge on any atom is -0.299 e. The SMILES string of the molecule is Cc1ccc(-c2ccc(-c3nc4ccccn4c3-c3ccccc3)cc2)cc1. The molecule has 28 heavy (non-hydrogen) atoms. The van der Waals surface area contributed by atoms with Gasteiger partial charge in [-0.05, 0) is 30.2 Å². The number of hydrogen-bond donors (Lipinski definition) is 0. The third-order valence-corrected chi connectivity index (χ3v) is 5.12. The van der Waals surface area contributed by atoms with Crippen molar-refractivity contribution >= 4 is 5.65 Å². The molecule has 0 aliphatic carbocycles. The number of rotatable bonds is 3. The molecule has 0 saturated heterocycles. The maximum Gasteiger partial charge on any atom is 0.137 e. The Morgan fingerprint density at radius 3 is 1.89 bits per heavy atom. The minimum absolute atomic E-state index is 0.957. The summed E-state index contributed by atoms with van der Waals surface area (Å²) in [6.07, 6.45) is 2.08. The van der Waals surface area contributed by atoms with Crippen molar-refractivity contribution in [2.24, 2.45) is 0 Å². The second kappa shape index (κ2) is 6.82. The van der Waals surface area contributed by atoms with Crippen molar-refractivity contribution in [2.45, 2.75) is 6.92 Å².